The molecule has 1 aromatic heterocycles. The number of hydrogen-bond donors (Lipinski definition) is 2. The molecular weight excluding hydrogens is 470 g/mol. The molecule has 0 aliphatic carbocycles. The maximum absolute atomic E-state index is 13.4. The molecule has 1 aliphatic rings. The molecule has 0 bridgehead atoms. The lowest BCUT2D eigenvalue weighted by atomic mass is 10.0. The fraction of sp³-hybridized carbons (Fsp3) is 0.207. The van der Waals surface area contributed by atoms with Crippen LogP contribution in [-0.2, 0) is 11.3 Å². The van der Waals surface area contributed by atoms with Crippen LogP contribution in [0.4, 0.5) is 0 Å². The average molecular weight is 498 g/mol. The molecule has 2 amide bonds. The number of aryl methyl sites for hydroxylation is 1. The summed E-state index contributed by atoms with van der Waals surface area (Å²) in [6, 6.07) is 21.9. The number of hydrogen-bond acceptors (Lipinski definition) is 5. The van der Waals surface area contributed by atoms with Crippen molar-refractivity contribution in [2.45, 2.75) is 32.4 Å². The van der Waals surface area contributed by atoms with Crippen LogP contribution in [0.15, 0.2) is 78.3 Å². The molecular formula is C29H27N3O3S. The second-order valence-corrected chi connectivity index (χ2v) is 9.82. The molecule has 2 heterocycles. The number of nitrogens with zero attached hydrogens (tertiary/aromatic N) is 2. The first-order valence-electron chi connectivity index (χ1n) is 12.0. The summed E-state index contributed by atoms with van der Waals surface area (Å²) in [6.07, 6.45) is 1.45. The number of benzene rings is 3. The molecule has 2 N–H and O–H groups in total. The third kappa shape index (κ3) is 5.02. The van der Waals surface area contributed by atoms with Crippen LogP contribution in [0, 0.1) is 6.92 Å². The molecule has 1 fully saturated rings. The third-order valence-electron chi connectivity index (χ3n) is 6.55. The van der Waals surface area contributed by atoms with E-state index in [1.165, 1.54) is 0 Å². The Morgan fingerprint density at radius 1 is 1.03 bits per heavy atom. The predicted molar refractivity (Wildman–Crippen MR) is 142 cm³/mol. The predicted octanol–water partition coefficient (Wildman–Crippen LogP) is 5.41. The van der Waals surface area contributed by atoms with E-state index in [2.05, 4.69) is 22.4 Å². The molecule has 0 spiro atoms. The number of carbonyl (C=O) groups excluding carboxylic acids is 2. The summed E-state index contributed by atoms with van der Waals surface area (Å²) in [5.74, 6) is -0.0711. The smallest absolute Gasteiger partial charge is 0.254 e. The summed E-state index contributed by atoms with van der Waals surface area (Å²) in [7, 11) is 0. The van der Waals surface area contributed by atoms with E-state index >= 15 is 0 Å². The minimum absolute atomic E-state index is 0.127. The van der Waals surface area contributed by atoms with E-state index in [0.29, 0.717) is 25.1 Å². The summed E-state index contributed by atoms with van der Waals surface area (Å²) in [4.78, 5) is 33.5. The molecule has 4 aromatic rings. The molecule has 0 radical (unpaired) electrons. The van der Waals surface area contributed by atoms with Crippen molar-refractivity contribution in [2.75, 3.05) is 6.54 Å². The van der Waals surface area contributed by atoms with E-state index in [0.717, 1.165) is 39.2 Å². The van der Waals surface area contributed by atoms with Crippen LogP contribution in [0.2, 0.25) is 0 Å². The number of nitrogens with one attached hydrogen (secondary N) is 1. The van der Waals surface area contributed by atoms with Gasteiger partial charge < -0.3 is 15.3 Å². The van der Waals surface area contributed by atoms with Gasteiger partial charge in [-0.1, -0.05) is 48.5 Å². The number of likely N-dealkylation sites (tertiary alicyclic amines) is 1. The summed E-state index contributed by atoms with van der Waals surface area (Å²) < 4.78 is 0. The zero-order valence-electron chi connectivity index (χ0n) is 20.0. The van der Waals surface area contributed by atoms with E-state index in [1.54, 1.807) is 34.4 Å². The Labute approximate surface area is 214 Å². The first-order chi connectivity index (χ1) is 17.5. The van der Waals surface area contributed by atoms with Gasteiger partial charge in [0.1, 0.15) is 11.8 Å². The highest BCUT2D eigenvalue weighted by atomic mass is 32.1. The maximum Gasteiger partial charge on any atom is 0.254 e. The Hall–Kier alpha value is -3.97. The minimum Gasteiger partial charge on any atom is -0.508 e. The van der Waals surface area contributed by atoms with E-state index < -0.39 is 6.04 Å². The van der Waals surface area contributed by atoms with Crippen molar-refractivity contribution in [3.8, 4) is 27.3 Å². The number of aromatic hydroxyl groups is 1. The molecule has 1 saturated heterocycles. The molecule has 5 rings (SSSR count). The van der Waals surface area contributed by atoms with E-state index in [4.69, 9.17) is 0 Å². The molecule has 1 atom stereocenters. The monoisotopic (exact) mass is 497 g/mol. The van der Waals surface area contributed by atoms with Crippen LogP contribution in [0.5, 0.6) is 5.75 Å². The van der Waals surface area contributed by atoms with Gasteiger partial charge in [0.15, 0.2) is 0 Å². The quantitative estimate of drug-likeness (QED) is 0.373. The zero-order chi connectivity index (χ0) is 25.1. The van der Waals surface area contributed by atoms with Crippen LogP contribution in [0.3, 0.4) is 0 Å². The van der Waals surface area contributed by atoms with Gasteiger partial charge in [-0.15, -0.1) is 11.3 Å². The first-order valence-corrected chi connectivity index (χ1v) is 12.8. The summed E-state index contributed by atoms with van der Waals surface area (Å²) >= 11 is 1.62. The van der Waals surface area contributed by atoms with Crippen molar-refractivity contribution in [1.29, 1.82) is 0 Å². The Balaban J connectivity index is 1.24. The fourth-order valence-electron chi connectivity index (χ4n) is 4.59. The van der Waals surface area contributed by atoms with Crippen LogP contribution in [0.1, 0.15) is 34.5 Å². The van der Waals surface area contributed by atoms with Gasteiger partial charge >= 0.3 is 0 Å². The van der Waals surface area contributed by atoms with Gasteiger partial charge in [0, 0.05) is 18.7 Å². The highest BCUT2D eigenvalue weighted by Crippen LogP contribution is 2.28. The van der Waals surface area contributed by atoms with E-state index in [-0.39, 0.29) is 17.6 Å². The number of rotatable bonds is 6. The highest BCUT2D eigenvalue weighted by Gasteiger charge is 2.34. The lowest BCUT2D eigenvalue weighted by molar-refractivity contribution is -0.125. The largest absolute Gasteiger partial charge is 0.508 e. The van der Waals surface area contributed by atoms with E-state index in [1.807, 2.05) is 54.9 Å². The van der Waals surface area contributed by atoms with Crippen LogP contribution < -0.4 is 5.32 Å². The van der Waals surface area contributed by atoms with Crippen molar-refractivity contribution >= 4 is 23.2 Å². The van der Waals surface area contributed by atoms with Gasteiger partial charge in [0.25, 0.3) is 5.91 Å². The second kappa shape index (κ2) is 10.3. The van der Waals surface area contributed by atoms with Gasteiger partial charge in [-0.05, 0) is 66.3 Å². The Morgan fingerprint density at radius 3 is 2.50 bits per heavy atom. The minimum atomic E-state index is -0.478. The van der Waals surface area contributed by atoms with E-state index in [9.17, 15) is 14.7 Å². The average Bonchev–Trinajstić information content (AvgIpc) is 3.57. The highest BCUT2D eigenvalue weighted by molar-refractivity contribution is 7.13. The number of phenolic OH excluding ortho intramolecular Hbond substituents is 1. The number of phenols is 1. The zero-order valence-corrected chi connectivity index (χ0v) is 20.8. The number of carbonyl (C=O) groups is 2. The maximum atomic E-state index is 13.4. The third-order valence-corrected chi connectivity index (χ3v) is 7.53. The summed E-state index contributed by atoms with van der Waals surface area (Å²) in [6.45, 7) is 2.97. The number of aromatic nitrogens is 1. The first kappa shape index (κ1) is 23.8. The van der Waals surface area contributed by atoms with Crippen molar-refractivity contribution in [1.82, 2.24) is 15.2 Å². The molecule has 182 valence electrons. The fourth-order valence-corrected chi connectivity index (χ4v) is 5.41. The van der Waals surface area contributed by atoms with Crippen molar-refractivity contribution in [3.05, 3.63) is 95.1 Å². The summed E-state index contributed by atoms with van der Waals surface area (Å²) in [5, 5.41) is 12.6. The molecule has 1 aliphatic heterocycles. The Bertz CT molecular complexity index is 1380. The van der Waals surface area contributed by atoms with Gasteiger partial charge in [-0.2, -0.15) is 0 Å². The van der Waals surface area contributed by atoms with Crippen molar-refractivity contribution < 1.29 is 14.7 Å². The van der Waals surface area contributed by atoms with Crippen molar-refractivity contribution in [2.24, 2.45) is 0 Å². The lowest BCUT2D eigenvalue weighted by Crippen LogP contribution is -2.45. The molecule has 3 aromatic carbocycles. The van der Waals surface area contributed by atoms with Gasteiger partial charge in [0.2, 0.25) is 5.91 Å². The molecule has 36 heavy (non-hydrogen) atoms. The Morgan fingerprint density at radius 2 is 1.78 bits per heavy atom. The molecule has 0 saturated carbocycles. The lowest BCUT2D eigenvalue weighted by Gasteiger charge is -2.24. The molecule has 0 unspecified atom stereocenters. The SMILES string of the molecule is Cc1ncsc1-c1ccc(CNC(=O)[C@@H]2CCCN2C(=O)c2cccc(-c3ccc(O)cc3)c2)cc1. The van der Waals surface area contributed by atoms with Crippen LogP contribution in [-0.4, -0.2) is 39.4 Å². The topological polar surface area (TPSA) is 82.5 Å². The Kier molecular flexibility index (Phi) is 6.82. The molecule has 7 heteroatoms. The standard InChI is InChI=1S/C29H27N3O3S/c1-19-27(36-18-31-19)22-9-7-20(8-10-22)17-30-28(34)26-6-3-15-32(26)29(35)24-5-2-4-23(16-24)21-11-13-25(33)14-12-21/h2,4-5,7-14,16,18,26,33H,3,6,15,17H2,1H3,(H,30,34)/t26-/m0/s1. The van der Waals surface area contributed by atoms with Gasteiger partial charge in [0.05, 0.1) is 16.1 Å². The normalized spacial score (nSPS) is 15.1. The van der Waals surface area contributed by atoms with Crippen molar-refractivity contribution in [3.63, 3.8) is 0 Å². The van der Waals surface area contributed by atoms with Gasteiger partial charge in [-0.25, -0.2) is 4.98 Å². The van der Waals surface area contributed by atoms with Crippen LogP contribution in [0.25, 0.3) is 21.6 Å². The summed E-state index contributed by atoms with van der Waals surface area (Å²) in [5.41, 5.74) is 7.33. The molecule has 6 nitrogen and oxygen atoms in total. The van der Waals surface area contributed by atoms with Gasteiger partial charge in [-0.3, -0.25) is 9.59 Å². The number of thiazole rings is 1. The number of amides is 2. The van der Waals surface area contributed by atoms with Crippen LogP contribution >= 0.6 is 11.3 Å². The second-order valence-electron chi connectivity index (χ2n) is 8.97.